The Hall–Kier alpha value is -0.890. The molecule has 1 aliphatic rings. The molecule has 1 aromatic rings. The summed E-state index contributed by atoms with van der Waals surface area (Å²) in [6.07, 6.45) is 7.96. The molecule has 3 atom stereocenters. The van der Waals surface area contributed by atoms with Crippen molar-refractivity contribution < 1.29 is 0 Å². The average Bonchev–Trinajstić information content (AvgIpc) is 2.38. The molecule has 1 aliphatic carbocycles. The fourth-order valence-corrected chi connectivity index (χ4v) is 3.69. The van der Waals surface area contributed by atoms with E-state index in [1.54, 1.807) is 0 Å². The van der Waals surface area contributed by atoms with E-state index in [0.717, 1.165) is 5.92 Å². The molecule has 0 amide bonds. The minimum atomic E-state index is 0.187. The summed E-state index contributed by atoms with van der Waals surface area (Å²) >= 11 is 0. The first-order valence-electron chi connectivity index (χ1n) is 7.54. The van der Waals surface area contributed by atoms with Crippen LogP contribution in [0.25, 0.3) is 0 Å². The Morgan fingerprint density at radius 3 is 2.63 bits per heavy atom. The standard InChI is InChI=1S/C17H28N2/c1-12-6-7-15(16(9-12)18-5)17(3,4)14-8-13(2)10-19-11-14/h8,10-12,15-16,18H,6-7,9H2,1-5H3. The van der Waals surface area contributed by atoms with Crippen molar-refractivity contribution in [3.05, 3.63) is 29.6 Å². The summed E-state index contributed by atoms with van der Waals surface area (Å²) in [5.41, 5.74) is 2.83. The van der Waals surface area contributed by atoms with E-state index >= 15 is 0 Å². The third-order valence-electron chi connectivity index (χ3n) is 5.03. The van der Waals surface area contributed by atoms with Gasteiger partial charge in [0, 0.05) is 18.4 Å². The van der Waals surface area contributed by atoms with Gasteiger partial charge in [-0.15, -0.1) is 0 Å². The number of aryl methyl sites for hydroxylation is 1. The van der Waals surface area contributed by atoms with Gasteiger partial charge < -0.3 is 5.32 Å². The van der Waals surface area contributed by atoms with Gasteiger partial charge in [-0.1, -0.05) is 33.3 Å². The van der Waals surface area contributed by atoms with Crippen LogP contribution in [0.3, 0.4) is 0 Å². The summed E-state index contributed by atoms with van der Waals surface area (Å²) in [4.78, 5) is 4.39. The molecule has 2 nitrogen and oxygen atoms in total. The van der Waals surface area contributed by atoms with Crippen LogP contribution in [0.15, 0.2) is 18.5 Å². The van der Waals surface area contributed by atoms with Gasteiger partial charge in [-0.05, 0) is 55.2 Å². The predicted molar refractivity (Wildman–Crippen MR) is 81.4 cm³/mol. The minimum Gasteiger partial charge on any atom is -0.317 e. The zero-order chi connectivity index (χ0) is 14.0. The Morgan fingerprint density at radius 2 is 2.00 bits per heavy atom. The van der Waals surface area contributed by atoms with Crippen molar-refractivity contribution in [1.29, 1.82) is 0 Å². The normalized spacial score (nSPS) is 28.4. The van der Waals surface area contributed by atoms with Crippen LogP contribution in [0, 0.1) is 18.8 Å². The molecule has 1 saturated carbocycles. The van der Waals surface area contributed by atoms with Gasteiger partial charge in [0.2, 0.25) is 0 Å². The van der Waals surface area contributed by atoms with Gasteiger partial charge in [-0.25, -0.2) is 0 Å². The van der Waals surface area contributed by atoms with E-state index < -0.39 is 0 Å². The van der Waals surface area contributed by atoms with Crippen molar-refractivity contribution in [3.63, 3.8) is 0 Å². The molecule has 19 heavy (non-hydrogen) atoms. The lowest BCUT2D eigenvalue weighted by molar-refractivity contribution is 0.151. The van der Waals surface area contributed by atoms with Crippen LogP contribution in [0.5, 0.6) is 0 Å². The summed E-state index contributed by atoms with van der Waals surface area (Å²) in [6, 6.07) is 2.93. The zero-order valence-corrected chi connectivity index (χ0v) is 13.0. The molecule has 1 heterocycles. The van der Waals surface area contributed by atoms with Gasteiger partial charge in [-0.2, -0.15) is 0 Å². The molecule has 0 aliphatic heterocycles. The molecule has 1 N–H and O–H groups in total. The second kappa shape index (κ2) is 5.62. The van der Waals surface area contributed by atoms with Crippen molar-refractivity contribution in [2.75, 3.05) is 7.05 Å². The van der Waals surface area contributed by atoms with Crippen LogP contribution >= 0.6 is 0 Å². The quantitative estimate of drug-likeness (QED) is 0.896. The highest BCUT2D eigenvalue weighted by Gasteiger charge is 2.39. The highest BCUT2D eigenvalue weighted by atomic mass is 14.9. The SMILES string of the molecule is CNC1CC(C)CCC1C(C)(C)c1cncc(C)c1. The highest BCUT2D eigenvalue weighted by molar-refractivity contribution is 5.26. The van der Waals surface area contributed by atoms with Crippen LogP contribution in [0.1, 0.15) is 51.2 Å². The maximum absolute atomic E-state index is 4.39. The number of nitrogens with one attached hydrogen (secondary N) is 1. The Morgan fingerprint density at radius 1 is 1.26 bits per heavy atom. The second-order valence-corrected chi connectivity index (χ2v) is 6.89. The third-order valence-corrected chi connectivity index (χ3v) is 5.03. The lowest BCUT2D eigenvalue weighted by Gasteiger charge is -2.44. The van der Waals surface area contributed by atoms with Crippen LogP contribution in [0.2, 0.25) is 0 Å². The number of pyridine rings is 1. The number of rotatable bonds is 3. The van der Waals surface area contributed by atoms with Crippen molar-refractivity contribution >= 4 is 0 Å². The van der Waals surface area contributed by atoms with Crippen LogP contribution in [-0.2, 0) is 5.41 Å². The Labute approximate surface area is 118 Å². The first-order chi connectivity index (χ1) is 8.95. The summed E-state index contributed by atoms with van der Waals surface area (Å²) in [7, 11) is 2.11. The maximum atomic E-state index is 4.39. The summed E-state index contributed by atoms with van der Waals surface area (Å²) < 4.78 is 0. The molecule has 0 saturated heterocycles. The molecule has 2 heteroatoms. The lowest BCUT2D eigenvalue weighted by Crippen LogP contribution is -2.47. The van der Waals surface area contributed by atoms with E-state index in [0.29, 0.717) is 12.0 Å². The molecule has 0 radical (unpaired) electrons. The maximum Gasteiger partial charge on any atom is 0.0305 e. The van der Waals surface area contributed by atoms with Crippen molar-refractivity contribution in [1.82, 2.24) is 10.3 Å². The summed E-state index contributed by atoms with van der Waals surface area (Å²) in [6.45, 7) is 9.27. The van der Waals surface area contributed by atoms with Crippen molar-refractivity contribution in [3.8, 4) is 0 Å². The average molecular weight is 260 g/mol. The van der Waals surface area contributed by atoms with Crippen LogP contribution in [-0.4, -0.2) is 18.1 Å². The third kappa shape index (κ3) is 3.00. The predicted octanol–water partition coefficient (Wildman–Crippen LogP) is 3.69. The van der Waals surface area contributed by atoms with E-state index in [4.69, 9.17) is 0 Å². The zero-order valence-electron chi connectivity index (χ0n) is 13.0. The molecule has 1 fully saturated rings. The molecule has 1 aromatic heterocycles. The number of hydrogen-bond acceptors (Lipinski definition) is 2. The first kappa shape index (κ1) is 14.5. The van der Waals surface area contributed by atoms with Crippen LogP contribution < -0.4 is 5.32 Å². The molecule has 0 aromatic carbocycles. The Kier molecular flexibility index (Phi) is 4.29. The first-order valence-corrected chi connectivity index (χ1v) is 7.54. The Balaban J connectivity index is 2.27. The molecular weight excluding hydrogens is 232 g/mol. The molecule has 0 bridgehead atoms. The topological polar surface area (TPSA) is 24.9 Å². The highest BCUT2D eigenvalue weighted by Crippen LogP contribution is 2.42. The van der Waals surface area contributed by atoms with Gasteiger partial charge >= 0.3 is 0 Å². The summed E-state index contributed by atoms with van der Waals surface area (Å²) in [5.74, 6) is 1.54. The molecule has 2 rings (SSSR count). The number of nitrogens with zero attached hydrogens (tertiary/aromatic N) is 1. The second-order valence-electron chi connectivity index (χ2n) is 6.89. The lowest BCUT2D eigenvalue weighted by atomic mass is 9.64. The van der Waals surface area contributed by atoms with E-state index in [1.807, 2.05) is 6.20 Å². The molecule has 0 spiro atoms. The fraction of sp³-hybridized carbons (Fsp3) is 0.706. The smallest absolute Gasteiger partial charge is 0.0305 e. The van der Waals surface area contributed by atoms with E-state index in [2.05, 4.69) is 57.3 Å². The monoisotopic (exact) mass is 260 g/mol. The number of hydrogen-bond donors (Lipinski definition) is 1. The molecule has 106 valence electrons. The van der Waals surface area contributed by atoms with Gasteiger partial charge in [0.15, 0.2) is 0 Å². The van der Waals surface area contributed by atoms with Gasteiger partial charge in [0.25, 0.3) is 0 Å². The molecular formula is C17H28N2. The van der Waals surface area contributed by atoms with Gasteiger partial charge in [0.1, 0.15) is 0 Å². The van der Waals surface area contributed by atoms with Gasteiger partial charge in [-0.3, -0.25) is 4.98 Å². The van der Waals surface area contributed by atoms with Gasteiger partial charge in [0.05, 0.1) is 0 Å². The molecule has 3 unspecified atom stereocenters. The fourth-order valence-electron chi connectivity index (χ4n) is 3.69. The van der Waals surface area contributed by atoms with Crippen LogP contribution in [0.4, 0.5) is 0 Å². The number of aromatic nitrogens is 1. The van der Waals surface area contributed by atoms with E-state index in [-0.39, 0.29) is 5.41 Å². The minimum absolute atomic E-state index is 0.187. The largest absolute Gasteiger partial charge is 0.317 e. The van der Waals surface area contributed by atoms with E-state index in [1.165, 1.54) is 30.4 Å². The van der Waals surface area contributed by atoms with E-state index in [9.17, 15) is 0 Å². The van der Waals surface area contributed by atoms with Crippen molar-refractivity contribution in [2.24, 2.45) is 11.8 Å². The Bertz CT molecular complexity index is 425. The summed E-state index contributed by atoms with van der Waals surface area (Å²) in [5, 5.41) is 3.55. The van der Waals surface area contributed by atoms with Crippen molar-refractivity contribution in [2.45, 2.75) is 58.4 Å².